The minimum absolute atomic E-state index is 0.490. The molecule has 0 N–H and O–H groups in total. The van der Waals surface area contributed by atoms with E-state index >= 15 is 0 Å². The summed E-state index contributed by atoms with van der Waals surface area (Å²) in [6.07, 6.45) is 2.64. The summed E-state index contributed by atoms with van der Waals surface area (Å²) in [4.78, 5) is 0. The van der Waals surface area contributed by atoms with Crippen LogP contribution in [-0.2, 0) is 13.5 Å². The van der Waals surface area contributed by atoms with Gasteiger partial charge >= 0.3 is 0 Å². The third-order valence-electron chi connectivity index (χ3n) is 7.17. The smallest absolute Gasteiger partial charge is 0.194 e. The number of fused-ring (bicyclic) bond motifs is 1. The summed E-state index contributed by atoms with van der Waals surface area (Å²) in [7, 11) is 2.21. The molecular weight excluding hydrogens is 302 g/mol. The second kappa shape index (κ2) is 4.94. The first kappa shape index (κ1) is 15.1. The molecule has 126 valence electrons. The van der Waals surface area contributed by atoms with E-state index in [-0.39, 0.29) is 0 Å². The summed E-state index contributed by atoms with van der Waals surface area (Å²) >= 11 is 0. The summed E-state index contributed by atoms with van der Waals surface area (Å²) in [6, 6.07) is 18.2. The molecule has 2 unspecified atom stereocenters. The molecule has 3 aliphatic carbocycles. The topological polar surface area (TPSA) is 3.88 Å². The molecule has 0 spiro atoms. The van der Waals surface area contributed by atoms with Gasteiger partial charge in [0.25, 0.3) is 0 Å². The maximum Gasteiger partial charge on any atom is 0.213 e. The zero-order chi connectivity index (χ0) is 17.3. The van der Waals surface area contributed by atoms with E-state index in [1.54, 1.807) is 11.1 Å². The lowest BCUT2D eigenvalue weighted by atomic mass is 9.47. The van der Waals surface area contributed by atoms with E-state index in [0.717, 1.165) is 11.8 Å². The fourth-order valence-electron chi connectivity index (χ4n) is 5.29. The molecule has 1 fully saturated rings. The number of aromatic nitrogens is 1. The summed E-state index contributed by atoms with van der Waals surface area (Å²) in [5.41, 5.74) is 9.01. The molecule has 25 heavy (non-hydrogen) atoms. The van der Waals surface area contributed by atoms with Gasteiger partial charge < -0.3 is 0 Å². The van der Waals surface area contributed by atoms with Crippen LogP contribution in [0.4, 0.5) is 0 Å². The van der Waals surface area contributed by atoms with Gasteiger partial charge in [0.2, 0.25) is 11.2 Å². The van der Waals surface area contributed by atoms with Gasteiger partial charge in [-0.25, -0.2) is 0 Å². The maximum atomic E-state index is 2.48. The van der Waals surface area contributed by atoms with Crippen molar-refractivity contribution in [2.45, 2.75) is 39.5 Å². The van der Waals surface area contributed by atoms with Crippen LogP contribution in [0.2, 0.25) is 0 Å². The molecule has 6 rings (SSSR count). The Balaban J connectivity index is 1.71. The molecule has 2 aromatic carbocycles. The Kier molecular flexibility index (Phi) is 2.99. The molecule has 1 heteroatoms. The van der Waals surface area contributed by atoms with Crippen LogP contribution in [0.3, 0.4) is 0 Å². The first-order valence-corrected chi connectivity index (χ1v) is 9.48. The predicted octanol–water partition coefficient (Wildman–Crippen LogP) is 5.33. The van der Waals surface area contributed by atoms with E-state index in [1.807, 2.05) is 0 Å². The Morgan fingerprint density at radius 2 is 1.84 bits per heavy atom. The Morgan fingerprint density at radius 3 is 2.60 bits per heavy atom. The van der Waals surface area contributed by atoms with E-state index in [2.05, 4.69) is 80.9 Å². The number of benzene rings is 2. The zero-order valence-electron chi connectivity index (χ0n) is 15.6. The molecule has 2 bridgehead atoms. The second-order valence-electron chi connectivity index (χ2n) is 8.71. The lowest BCUT2D eigenvalue weighted by molar-refractivity contribution is -0.633. The van der Waals surface area contributed by atoms with Gasteiger partial charge in [-0.1, -0.05) is 32.0 Å². The van der Waals surface area contributed by atoms with Gasteiger partial charge in [0.05, 0.1) is 0 Å². The van der Waals surface area contributed by atoms with Gasteiger partial charge in [-0.05, 0) is 71.9 Å². The normalized spacial score (nSPS) is 23.2. The molecule has 0 aliphatic heterocycles. The maximum absolute atomic E-state index is 2.48. The van der Waals surface area contributed by atoms with Crippen LogP contribution in [0.1, 0.15) is 42.9 Å². The van der Waals surface area contributed by atoms with Crippen molar-refractivity contribution in [2.24, 2.45) is 18.4 Å². The molecule has 1 heterocycles. The second-order valence-corrected chi connectivity index (χ2v) is 8.71. The molecule has 1 aromatic heterocycles. The first-order valence-electron chi connectivity index (χ1n) is 9.48. The highest BCUT2D eigenvalue weighted by molar-refractivity contribution is 5.80. The molecule has 1 nitrogen and oxygen atoms in total. The molecule has 0 radical (unpaired) electrons. The van der Waals surface area contributed by atoms with E-state index in [1.165, 1.54) is 40.6 Å². The van der Waals surface area contributed by atoms with E-state index < -0.39 is 0 Å². The monoisotopic (exact) mass is 328 g/mol. The van der Waals surface area contributed by atoms with Crippen molar-refractivity contribution in [3.63, 3.8) is 0 Å². The van der Waals surface area contributed by atoms with Crippen LogP contribution in [0.25, 0.3) is 22.2 Å². The fourth-order valence-corrected chi connectivity index (χ4v) is 5.29. The lowest BCUT2D eigenvalue weighted by Gasteiger charge is -2.57. The van der Waals surface area contributed by atoms with Gasteiger partial charge in [0.1, 0.15) is 7.05 Å². The summed E-state index contributed by atoms with van der Waals surface area (Å²) in [5.74, 6) is 1.62. The van der Waals surface area contributed by atoms with Crippen molar-refractivity contribution in [2.75, 3.05) is 0 Å². The number of pyridine rings is 1. The zero-order valence-corrected chi connectivity index (χ0v) is 15.6. The summed E-state index contributed by atoms with van der Waals surface area (Å²) in [5, 5.41) is 1.37. The van der Waals surface area contributed by atoms with Gasteiger partial charge in [-0.3, -0.25) is 0 Å². The number of rotatable bonds is 1. The number of hydrogen-bond acceptors (Lipinski definition) is 0. The van der Waals surface area contributed by atoms with E-state index in [0.29, 0.717) is 5.41 Å². The SMILES string of the molecule is Cc1ccccc1-c1ccc2cc3c(cc2[n+]1C)CC1CC3C1(C)C. The molecular formula is C24H26N+. The highest BCUT2D eigenvalue weighted by Gasteiger charge is 2.52. The summed E-state index contributed by atoms with van der Waals surface area (Å²) < 4.78 is 2.38. The molecule has 3 aromatic rings. The summed E-state index contributed by atoms with van der Waals surface area (Å²) in [6.45, 7) is 7.11. The van der Waals surface area contributed by atoms with Crippen molar-refractivity contribution in [3.8, 4) is 11.3 Å². The minimum Gasteiger partial charge on any atom is -0.194 e. The highest BCUT2D eigenvalue weighted by Crippen LogP contribution is 2.62. The predicted molar refractivity (Wildman–Crippen MR) is 104 cm³/mol. The average Bonchev–Trinajstić information content (AvgIpc) is 2.61. The van der Waals surface area contributed by atoms with Crippen LogP contribution in [0, 0.1) is 18.3 Å². The quantitative estimate of drug-likeness (QED) is 0.532. The van der Waals surface area contributed by atoms with Gasteiger partial charge in [-0.2, -0.15) is 4.57 Å². The van der Waals surface area contributed by atoms with E-state index in [9.17, 15) is 0 Å². The standard InChI is InChI=1S/C24H26N/c1-15-7-5-6-8-19(15)22-10-9-16-12-20-17(13-23(16)25(22)4)11-18-14-21(20)24(18,2)3/h5-10,12-13,18,21H,11,14H2,1-4H3/q+1. The number of aryl methyl sites for hydroxylation is 2. The van der Waals surface area contributed by atoms with Crippen molar-refractivity contribution < 1.29 is 4.57 Å². The molecule has 3 aliphatic rings. The van der Waals surface area contributed by atoms with Crippen molar-refractivity contribution in [1.29, 1.82) is 0 Å². The van der Waals surface area contributed by atoms with Crippen molar-refractivity contribution in [1.82, 2.24) is 0 Å². The average molecular weight is 328 g/mol. The van der Waals surface area contributed by atoms with Gasteiger partial charge in [0, 0.05) is 23.1 Å². The molecule has 0 saturated heterocycles. The van der Waals surface area contributed by atoms with E-state index in [4.69, 9.17) is 0 Å². The number of hydrogen-bond donors (Lipinski definition) is 0. The Hall–Kier alpha value is -2.15. The molecule has 2 atom stereocenters. The molecule has 0 amide bonds. The van der Waals surface area contributed by atoms with Crippen molar-refractivity contribution >= 4 is 10.9 Å². The third kappa shape index (κ3) is 1.99. The van der Waals surface area contributed by atoms with Crippen molar-refractivity contribution in [3.05, 3.63) is 65.2 Å². The van der Waals surface area contributed by atoms with Crippen LogP contribution < -0.4 is 4.57 Å². The Bertz CT molecular complexity index is 1010. The van der Waals surface area contributed by atoms with Gasteiger partial charge in [-0.15, -0.1) is 0 Å². The highest BCUT2D eigenvalue weighted by atomic mass is 14.9. The first-order chi connectivity index (χ1) is 12.0. The largest absolute Gasteiger partial charge is 0.213 e. The van der Waals surface area contributed by atoms with Crippen LogP contribution in [0.5, 0.6) is 0 Å². The fraction of sp³-hybridized carbons (Fsp3) is 0.375. The lowest BCUT2D eigenvalue weighted by Crippen LogP contribution is -2.48. The van der Waals surface area contributed by atoms with Crippen LogP contribution in [0.15, 0.2) is 48.5 Å². The van der Waals surface area contributed by atoms with Gasteiger partial charge in [0.15, 0.2) is 0 Å². The Labute approximate surface area is 150 Å². The Morgan fingerprint density at radius 1 is 1.04 bits per heavy atom. The molecule has 1 saturated carbocycles. The third-order valence-corrected chi connectivity index (χ3v) is 7.17. The van der Waals surface area contributed by atoms with Crippen LogP contribution in [-0.4, -0.2) is 0 Å². The minimum atomic E-state index is 0.490. The number of nitrogens with zero attached hydrogens (tertiary/aromatic N) is 1. The van der Waals surface area contributed by atoms with Crippen LogP contribution >= 0.6 is 0 Å².